The highest BCUT2D eigenvalue weighted by atomic mass is 16.6. The van der Waals surface area contributed by atoms with Gasteiger partial charge in [-0.3, -0.25) is 0 Å². The van der Waals surface area contributed by atoms with Crippen LogP contribution in [0.5, 0.6) is 11.6 Å². The van der Waals surface area contributed by atoms with Crippen LogP contribution in [-0.2, 0) is 4.74 Å². The summed E-state index contributed by atoms with van der Waals surface area (Å²) in [4.78, 5) is 15.2. The largest absolute Gasteiger partial charge is 0.484 e. The molecule has 0 saturated carbocycles. The summed E-state index contributed by atoms with van der Waals surface area (Å²) >= 11 is 0. The van der Waals surface area contributed by atoms with E-state index >= 15 is 0 Å². The molecule has 0 N–H and O–H groups in total. The minimum atomic E-state index is -0.450. The van der Waals surface area contributed by atoms with E-state index in [2.05, 4.69) is 9.72 Å². The lowest BCUT2D eigenvalue weighted by atomic mass is 10.2. The van der Waals surface area contributed by atoms with Crippen LogP contribution in [0.1, 0.15) is 10.4 Å². The fourth-order valence-corrected chi connectivity index (χ4v) is 1.22. The number of methoxy groups -OCH3 is 1. The lowest BCUT2D eigenvalue weighted by Gasteiger charge is -2.18. The molecule has 1 aromatic rings. The highest BCUT2D eigenvalue weighted by Crippen LogP contribution is 2.31. The lowest BCUT2D eigenvalue weighted by Crippen LogP contribution is -2.19. The predicted molar refractivity (Wildman–Crippen MR) is 46.6 cm³/mol. The van der Waals surface area contributed by atoms with Gasteiger partial charge in [0.25, 0.3) is 5.88 Å². The van der Waals surface area contributed by atoms with E-state index < -0.39 is 5.97 Å². The maximum atomic E-state index is 11.3. The molecular weight excluding hydrogens is 186 g/mol. The quantitative estimate of drug-likeness (QED) is 0.615. The molecule has 74 valence electrons. The monoisotopic (exact) mass is 195 g/mol. The Morgan fingerprint density at radius 1 is 1.50 bits per heavy atom. The molecule has 0 radical (unpaired) electrons. The number of rotatable bonds is 1. The fourth-order valence-electron chi connectivity index (χ4n) is 1.22. The third-order valence-corrected chi connectivity index (χ3v) is 1.85. The van der Waals surface area contributed by atoms with Gasteiger partial charge in [-0.1, -0.05) is 0 Å². The van der Waals surface area contributed by atoms with Crippen LogP contribution in [0.25, 0.3) is 0 Å². The van der Waals surface area contributed by atoms with E-state index in [0.29, 0.717) is 30.4 Å². The first kappa shape index (κ1) is 8.80. The van der Waals surface area contributed by atoms with Crippen molar-refractivity contribution in [2.75, 3.05) is 20.3 Å². The van der Waals surface area contributed by atoms with Crippen molar-refractivity contribution in [3.8, 4) is 11.6 Å². The summed E-state index contributed by atoms with van der Waals surface area (Å²) in [6.45, 7) is 0.868. The zero-order valence-corrected chi connectivity index (χ0v) is 7.65. The van der Waals surface area contributed by atoms with Gasteiger partial charge in [0, 0.05) is 6.20 Å². The predicted octanol–water partition coefficient (Wildman–Crippen LogP) is 0.639. The van der Waals surface area contributed by atoms with Crippen LogP contribution >= 0.6 is 0 Å². The second-order valence-electron chi connectivity index (χ2n) is 2.68. The highest BCUT2D eigenvalue weighted by Gasteiger charge is 2.21. The van der Waals surface area contributed by atoms with Crippen LogP contribution in [0.2, 0.25) is 0 Å². The second kappa shape index (κ2) is 3.53. The summed E-state index contributed by atoms with van der Waals surface area (Å²) in [6.07, 6.45) is 1.49. The minimum absolute atomic E-state index is 0.345. The third kappa shape index (κ3) is 1.37. The number of aromatic nitrogens is 1. The van der Waals surface area contributed by atoms with Crippen molar-refractivity contribution in [1.29, 1.82) is 0 Å². The average Bonchev–Trinajstić information content (AvgIpc) is 2.27. The molecule has 0 aromatic carbocycles. The Labute approximate surface area is 80.6 Å². The SMILES string of the molecule is COC(=O)c1ccnc2c1OCCO2. The zero-order chi connectivity index (χ0) is 9.97. The Balaban J connectivity index is 2.45. The van der Waals surface area contributed by atoms with Gasteiger partial charge in [-0.25, -0.2) is 9.78 Å². The molecule has 2 heterocycles. The smallest absolute Gasteiger partial charge is 0.341 e. The number of carbonyl (C=O) groups excluding carboxylic acids is 1. The Bertz CT molecular complexity index is 364. The molecule has 1 aliphatic rings. The molecule has 14 heavy (non-hydrogen) atoms. The van der Waals surface area contributed by atoms with E-state index in [1.807, 2.05) is 0 Å². The van der Waals surface area contributed by atoms with E-state index in [4.69, 9.17) is 9.47 Å². The summed E-state index contributed by atoms with van der Waals surface area (Å²) in [5, 5.41) is 0. The van der Waals surface area contributed by atoms with Gasteiger partial charge in [0.1, 0.15) is 18.8 Å². The van der Waals surface area contributed by atoms with E-state index in [9.17, 15) is 4.79 Å². The molecule has 5 heteroatoms. The maximum absolute atomic E-state index is 11.3. The first-order valence-corrected chi connectivity index (χ1v) is 4.16. The maximum Gasteiger partial charge on any atom is 0.341 e. The average molecular weight is 195 g/mol. The Hall–Kier alpha value is -1.78. The van der Waals surface area contributed by atoms with Crippen LogP contribution in [0.15, 0.2) is 12.3 Å². The van der Waals surface area contributed by atoms with Gasteiger partial charge in [0.15, 0.2) is 5.75 Å². The lowest BCUT2D eigenvalue weighted by molar-refractivity contribution is 0.0589. The normalized spacial score (nSPS) is 13.5. The van der Waals surface area contributed by atoms with Gasteiger partial charge < -0.3 is 14.2 Å². The number of pyridine rings is 1. The van der Waals surface area contributed by atoms with Gasteiger partial charge in [-0.2, -0.15) is 0 Å². The molecule has 0 bridgehead atoms. The molecule has 0 atom stereocenters. The van der Waals surface area contributed by atoms with Crippen molar-refractivity contribution in [2.24, 2.45) is 0 Å². The number of hydrogen-bond donors (Lipinski definition) is 0. The van der Waals surface area contributed by atoms with Crippen LogP contribution in [0.4, 0.5) is 0 Å². The summed E-state index contributed by atoms with van der Waals surface area (Å²) in [6, 6.07) is 1.54. The molecule has 5 nitrogen and oxygen atoms in total. The molecule has 0 saturated heterocycles. The number of hydrogen-bond acceptors (Lipinski definition) is 5. The highest BCUT2D eigenvalue weighted by molar-refractivity contribution is 5.93. The van der Waals surface area contributed by atoms with Gasteiger partial charge in [-0.15, -0.1) is 0 Å². The Morgan fingerprint density at radius 2 is 2.29 bits per heavy atom. The van der Waals surface area contributed by atoms with Crippen LogP contribution in [0, 0.1) is 0 Å². The standard InChI is InChI=1S/C9H9NO4/c1-12-9(11)6-2-3-10-8-7(6)13-4-5-14-8/h2-3H,4-5H2,1H3. The number of fused-ring (bicyclic) bond motifs is 1. The van der Waals surface area contributed by atoms with Gasteiger partial charge in [0.2, 0.25) is 0 Å². The van der Waals surface area contributed by atoms with Crippen LogP contribution in [-0.4, -0.2) is 31.3 Å². The number of ether oxygens (including phenoxy) is 3. The first-order valence-electron chi connectivity index (χ1n) is 4.16. The van der Waals surface area contributed by atoms with E-state index in [0.717, 1.165) is 0 Å². The van der Waals surface area contributed by atoms with Crippen molar-refractivity contribution < 1.29 is 19.0 Å². The molecule has 0 fully saturated rings. The van der Waals surface area contributed by atoms with Crippen molar-refractivity contribution in [3.05, 3.63) is 17.8 Å². The molecule has 0 amide bonds. The molecule has 2 rings (SSSR count). The van der Waals surface area contributed by atoms with Gasteiger partial charge in [-0.05, 0) is 6.07 Å². The van der Waals surface area contributed by atoms with Crippen molar-refractivity contribution >= 4 is 5.97 Å². The third-order valence-electron chi connectivity index (χ3n) is 1.85. The minimum Gasteiger partial charge on any atom is -0.484 e. The number of carbonyl (C=O) groups is 1. The topological polar surface area (TPSA) is 57.7 Å². The molecule has 0 unspecified atom stereocenters. The molecular formula is C9H9NO4. The summed E-state index contributed by atoms with van der Waals surface area (Å²) in [7, 11) is 1.32. The van der Waals surface area contributed by atoms with E-state index in [1.165, 1.54) is 13.3 Å². The van der Waals surface area contributed by atoms with Crippen LogP contribution < -0.4 is 9.47 Å². The zero-order valence-electron chi connectivity index (χ0n) is 7.65. The molecule has 1 aliphatic heterocycles. The summed E-state index contributed by atoms with van der Waals surface area (Å²) in [5.41, 5.74) is 0.345. The molecule has 0 aliphatic carbocycles. The van der Waals surface area contributed by atoms with Gasteiger partial charge in [0.05, 0.1) is 7.11 Å². The summed E-state index contributed by atoms with van der Waals surface area (Å²) in [5.74, 6) is 0.263. The summed E-state index contributed by atoms with van der Waals surface area (Å²) < 4.78 is 15.1. The molecule has 0 spiro atoms. The van der Waals surface area contributed by atoms with Crippen molar-refractivity contribution in [3.63, 3.8) is 0 Å². The van der Waals surface area contributed by atoms with Gasteiger partial charge >= 0.3 is 5.97 Å². The van der Waals surface area contributed by atoms with Crippen molar-refractivity contribution in [2.45, 2.75) is 0 Å². The van der Waals surface area contributed by atoms with Crippen LogP contribution in [0.3, 0.4) is 0 Å². The van der Waals surface area contributed by atoms with Crippen molar-refractivity contribution in [1.82, 2.24) is 4.98 Å². The Kier molecular flexibility index (Phi) is 2.22. The second-order valence-corrected chi connectivity index (χ2v) is 2.68. The fraction of sp³-hybridized carbons (Fsp3) is 0.333. The first-order chi connectivity index (χ1) is 6.83. The number of nitrogens with zero attached hydrogens (tertiary/aromatic N) is 1. The van der Waals surface area contributed by atoms with E-state index in [1.54, 1.807) is 6.07 Å². The Morgan fingerprint density at radius 3 is 3.07 bits per heavy atom. The number of esters is 1. The molecule has 1 aromatic heterocycles. The van der Waals surface area contributed by atoms with E-state index in [-0.39, 0.29) is 0 Å².